The number of carbonyl (C=O) groups is 1. The Balaban J connectivity index is 2.84. The van der Waals surface area contributed by atoms with Crippen molar-refractivity contribution in [3.05, 3.63) is 22.7 Å². The fourth-order valence-corrected chi connectivity index (χ4v) is 2.21. The molecule has 1 aromatic carbocycles. The van der Waals surface area contributed by atoms with Gasteiger partial charge in [0.2, 0.25) is 0 Å². The second-order valence-electron chi connectivity index (χ2n) is 5.20. The molecule has 1 aromatic rings. The first-order chi connectivity index (χ1) is 9.38. The number of hydrogen-bond donors (Lipinski definition) is 2. The molecule has 20 heavy (non-hydrogen) atoms. The topological polar surface area (TPSA) is 64.4 Å². The monoisotopic (exact) mass is 298 g/mol. The molecular weight excluding hydrogens is 276 g/mol. The molecule has 112 valence electrons. The first-order valence-corrected chi connectivity index (χ1v) is 7.20. The van der Waals surface area contributed by atoms with E-state index in [2.05, 4.69) is 19.2 Å². The molecule has 0 radical (unpaired) electrons. The molecule has 0 aliphatic heterocycles. The molecule has 0 fully saturated rings. The van der Waals surface area contributed by atoms with Crippen LogP contribution < -0.4 is 15.8 Å². The number of carbonyl (C=O) groups excluding carboxylic acids is 1. The Kier molecular flexibility index (Phi) is 6.14. The van der Waals surface area contributed by atoms with Crippen molar-refractivity contribution in [1.29, 1.82) is 0 Å². The first kappa shape index (κ1) is 16.6. The molecule has 2 atom stereocenters. The molecule has 0 bridgehead atoms. The van der Waals surface area contributed by atoms with E-state index in [0.717, 1.165) is 12.8 Å². The van der Waals surface area contributed by atoms with E-state index < -0.39 is 0 Å². The summed E-state index contributed by atoms with van der Waals surface area (Å²) in [5, 5.41) is 3.32. The maximum Gasteiger partial charge on any atom is 0.255 e. The molecule has 2 unspecified atom stereocenters. The zero-order valence-electron chi connectivity index (χ0n) is 12.5. The quantitative estimate of drug-likeness (QED) is 0.790. The lowest BCUT2D eigenvalue weighted by Gasteiger charge is -2.18. The van der Waals surface area contributed by atoms with Gasteiger partial charge in [-0.25, -0.2) is 0 Å². The summed E-state index contributed by atoms with van der Waals surface area (Å²) < 4.78 is 5.19. The van der Waals surface area contributed by atoms with Gasteiger partial charge in [0.25, 0.3) is 5.91 Å². The van der Waals surface area contributed by atoms with E-state index in [1.165, 1.54) is 7.11 Å². The second kappa shape index (κ2) is 7.39. The van der Waals surface area contributed by atoms with Gasteiger partial charge in [-0.2, -0.15) is 0 Å². The molecule has 0 aliphatic rings. The van der Waals surface area contributed by atoms with Gasteiger partial charge in [-0.15, -0.1) is 0 Å². The minimum Gasteiger partial charge on any atom is -0.496 e. The molecule has 0 saturated heterocycles. The van der Waals surface area contributed by atoms with Gasteiger partial charge in [0, 0.05) is 12.1 Å². The highest BCUT2D eigenvalue weighted by molar-refractivity contribution is 6.33. The molecule has 0 aromatic heterocycles. The average Bonchev–Trinajstić information content (AvgIpc) is 2.40. The van der Waals surface area contributed by atoms with Crippen LogP contribution in [0.15, 0.2) is 12.1 Å². The zero-order valence-corrected chi connectivity index (χ0v) is 13.3. The summed E-state index contributed by atoms with van der Waals surface area (Å²) in [7, 11) is 1.50. The van der Waals surface area contributed by atoms with Gasteiger partial charge in [-0.1, -0.05) is 31.9 Å². The Labute approximate surface area is 125 Å². The van der Waals surface area contributed by atoms with Crippen molar-refractivity contribution in [2.75, 3.05) is 12.8 Å². The predicted molar refractivity (Wildman–Crippen MR) is 83.4 cm³/mol. The summed E-state index contributed by atoms with van der Waals surface area (Å²) >= 11 is 5.97. The van der Waals surface area contributed by atoms with Gasteiger partial charge < -0.3 is 15.8 Å². The van der Waals surface area contributed by atoms with E-state index in [1.807, 2.05) is 6.92 Å². The SMILES string of the molecule is CCC(C)CC(C)NC(=O)c1cc(Cl)c(N)cc1OC. The van der Waals surface area contributed by atoms with E-state index in [1.54, 1.807) is 12.1 Å². The minimum absolute atomic E-state index is 0.0958. The van der Waals surface area contributed by atoms with Crippen molar-refractivity contribution in [2.24, 2.45) is 5.92 Å². The van der Waals surface area contributed by atoms with Crippen molar-refractivity contribution in [3.8, 4) is 5.75 Å². The summed E-state index contributed by atoms with van der Waals surface area (Å²) in [5.74, 6) is 0.807. The summed E-state index contributed by atoms with van der Waals surface area (Å²) in [6, 6.07) is 3.20. The molecule has 1 rings (SSSR count). The van der Waals surface area contributed by atoms with Crippen LogP contribution in [-0.2, 0) is 0 Å². The number of hydrogen-bond acceptors (Lipinski definition) is 3. The van der Waals surface area contributed by atoms with E-state index in [9.17, 15) is 4.79 Å². The van der Waals surface area contributed by atoms with E-state index in [4.69, 9.17) is 22.1 Å². The molecular formula is C15H23ClN2O2. The lowest BCUT2D eigenvalue weighted by atomic mass is 10.00. The van der Waals surface area contributed by atoms with Crippen molar-refractivity contribution in [2.45, 2.75) is 39.7 Å². The van der Waals surface area contributed by atoms with Gasteiger partial charge in [0.1, 0.15) is 5.75 Å². The van der Waals surface area contributed by atoms with Gasteiger partial charge in [0.15, 0.2) is 0 Å². The van der Waals surface area contributed by atoms with Crippen LogP contribution >= 0.6 is 11.6 Å². The standard InChI is InChI=1S/C15H23ClN2O2/c1-5-9(2)6-10(3)18-15(19)11-7-12(16)13(17)8-14(11)20-4/h7-10H,5-6,17H2,1-4H3,(H,18,19). The van der Waals surface area contributed by atoms with E-state index in [0.29, 0.717) is 27.9 Å². The Morgan fingerprint density at radius 3 is 2.65 bits per heavy atom. The summed E-state index contributed by atoms with van der Waals surface area (Å²) in [5.41, 5.74) is 6.51. The second-order valence-corrected chi connectivity index (χ2v) is 5.60. The summed E-state index contributed by atoms with van der Waals surface area (Å²) in [6.45, 7) is 6.31. The minimum atomic E-state index is -0.195. The van der Waals surface area contributed by atoms with Crippen molar-refractivity contribution >= 4 is 23.2 Å². The third kappa shape index (κ3) is 4.30. The van der Waals surface area contributed by atoms with Gasteiger partial charge in [-0.3, -0.25) is 4.79 Å². The molecule has 0 saturated carbocycles. The molecule has 0 spiro atoms. The van der Waals surface area contributed by atoms with Crippen LogP contribution in [0.1, 0.15) is 44.0 Å². The Morgan fingerprint density at radius 2 is 2.10 bits per heavy atom. The molecule has 4 nitrogen and oxygen atoms in total. The third-order valence-corrected chi connectivity index (χ3v) is 3.72. The number of benzene rings is 1. The molecule has 5 heteroatoms. The number of rotatable bonds is 6. The maximum atomic E-state index is 12.3. The van der Waals surface area contributed by atoms with E-state index >= 15 is 0 Å². The first-order valence-electron chi connectivity index (χ1n) is 6.82. The van der Waals surface area contributed by atoms with Crippen LogP contribution in [0.2, 0.25) is 5.02 Å². The highest BCUT2D eigenvalue weighted by Crippen LogP contribution is 2.28. The number of ether oxygens (including phenoxy) is 1. The maximum absolute atomic E-state index is 12.3. The number of nitrogens with two attached hydrogens (primary N) is 1. The van der Waals surface area contributed by atoms with E-state index in [-0.39, 0.29) is 11.9 Å². The lowest BCUT2D eigenvalue weighted by Crippen LogP contribution is -2.34. The number of methoxy groups -OCH3 is 1. The molecule has 0 heterocycles. The highest BCUT2D eigenvalue weighted by atomic mass is 35.5. The number of nitrogens with one attached hydrogen (secondary N) is 1. The fraction of sp³-hybridized carbons (Fsp3) is 0.533. The van der Waals surface area contributed by atoms with Crippen molar-refractivity contribution in [3.63, 3.8) is 0 Å². The van der Waals surface area contributed by atoms with Crippen LogP contribution in [0.5, 0.6) is 5.75 Å². The number of anilines is 1. The Morgan fingerprint density at radius 1 is 1.45 bits per heavy atom. The Bertz CT molecular complexity index is 477. The largest absolute Gasteiger partial charge is 0.496 e. The molecule has 0 aliphatic carbocycles. The van der Waals surface area contributed by atoms with Crippen LogP contribution in [0.4, 0.5) is 5.69 Å². The predicted octanol–water partition coefficient (Wildman–Crippen LogP) is 3.49. The normalized spacial score (nSPS) is 13.7. The highest BCUT2D eigenvalue weighted by Gasteiger charge is 2.17. The summed E-state index contributed by atoms with van der Waals surface area (Å²) in [6.07, 6.45) is 2.03. The van der Waals surface area contributed by atoms with Gasteiger partial charge in [0.05, 0.1) is 23.4 Å². The van der Waals surface area contributed by atoms with Crippen molar-refractivity contribution < 1.29 is 9.53 Å². The molecule has 1 amide bonds. The summed E-state index contributed by atoms with van der Waals surface area (Å²) in [4.78, 5) is 12.3. The zero-order chi connectivity index (χ0) is 15.3. The Hall–Kier alpha value is -1.42. The average molecular weight is 299 g/mol. The van der Waals surface area contributed by atoms with Gasteiger partial charge in [-0.05, 0) is 25.3 Å². The van der Waals surface area contributed by atoms with Crippen LogP contribution in [0, 0.1) is 5.92 Å². The number of nitrogen functional groups attached to an aromatic ring is 1. The fourth-order valence-electron chi connectivity index (χ4n) is 2.05. The lowest BCUT2D eigenvalue weighted by molar-refractivity contribution is 0.0932. The third-order valence-electron chi connectivity index (χ3n) is 3.39. The number of halogens is 1. The van der Waals surface area contributed by atoms with Crippen molar-refractivity contribution in [1.82, 2.24) is 5.32 Å². The van der Waals surface area contributed by atoms with Crippen LogP contribution in [-0.4, -0.2) is 19.1 Å². The van der Waals surface area contributed by atoms with Gasteiger partial charge >= 0.3 is 0 Å². The molecule has 3 N–H and O–H groups in total. The van der Waals surface area contributed by atoms with Crippen LogP contribution in [0.3, 0.4) is 0 Å². The number of amides is 1. The smallest absolute Gasteiger partial charge is 0.255 e. The van der Waals surface area contributed by atoms with Crippen LogP contribution in [0.25, 0.3) is 0 Å².